The minimum Gasteiger partial charge on any atom is -0.465 e. The molecular weight excluding hydrogens is 264 g/mol. The molecule has 2 rings (SSSR count). The Bertz CT molecular complexity index is 487. The Hall–Kier alpha value is -1.55. The van der Waals surface area contributed by atoms with Crippen molar-refractivity contribution in [2.24, 2.45) is 0 Å². The number of rotatable bonds is 6. The molecule has 0 bridgehead atoms. The second-order valence-electron chi connectivity index (χ2n) is 5.96. The van der Waals surface area contributed by atoms with Gasteiger partial charge in [0.1, 0.15) is 6.04 Å². The van der Waals surface area contributed by atoms with Crippen LogP contribution >= 0.6 is 0 Å². The number of carbonyl (C=O) groups excluding carboxylic acids is 1. The largest absolute Gasteiger partial charge is 0.465 e. The lowest BCUT2D eigenvalue weighted by atomic mass is 10.1. The molecule has 0 aromatic heterocycles. The predicted molar refractivity (Wildman–Crippen MR) is 85.6 cm³/mol. The number of carbonyl (C=O) groups is 1. The summed E-state index contributed by atoms with van der Waals surface area (Å²) in [5, 5.41) is 3.33. The quantitative estimate of drug-likeness (QED) is 0.817. The van der Waals surface area contributed by atoms with Crippen LogP contribution in [0, 0.1) is 0 Å². The number of benzene rings is 1. The van der Waals surface area contributed by atoms with Crippen molar-refractivity contribution in [3.63, 3.8) is 0 Å². The number of hydrogen-bond donors (Lipinski definition) is 1. The second-order valence-corrected chi connectivity index (χ2v) is 5.96. The van der Waals surface area contributed by atoms with Crippen molar-refractivity contribution in [3.8, 4) is 0 Å². The molecule has 21 heavy (non-hydrogen) atoms. The smallest absolute Gasteiger partial charge is 0.324 e. The average Bonchev–Trinajstić information content (AvgIpc) is 2.74. The fraction of sp³-hybridized carbons (Fsp3) is 0.588. The lowest BCUT2D eigenvalue weighted by molar-refractivity contribution is -0.145. The van der Waals surface area contributed by atoms with Crippen molar-refractivity contribution >= 4 is 11.7 Å². The SMILES string of the molecule is CCOC(=O)C(CN1c2ccccc2CC1C)NC(C)C. The second kappa shape index (κ2) is 6.94. The van der Waals surface area contributed by atoms with Crippen molar-refractivity contribution in [2.75, 3.05) is 18.1 Å². The van der Waals surface area contributed by atoms with E-state index in [1.807, 2.05) is 20.8 Å². The first-order chi connectivity index (χ1) is 10.0. The summed E-state index contributed by atoms with van der Waals surface area (Å²) < 4.78 is 5.21. The third kappa shape index (κ3) is 3.76. The van der Waals surface area contributed by atoms with Gasteiger partial charge in [0, 0.05) is 24.3 Å². The molecular formula is C17H26N2O2. The number of nitrogens with one attached hydrogen (secondary N) is 1. The molecule has 0 fully saturated rings. The minimum absolute atomic E-state index is 0.164. The summed E-state index contributed by atoms with van der Waals surface area (Å²) in [5.41, 5.74) is 2.60. The first-order valence-corrected chi connectivity index (χ1v) is 7.80. The third-order valence-corrected chi connectivity index (χ3v) is 3.83. The highest BCUT2D eigenvalue weighted by Crippen LogP contribution is 2.31. The number of ether oxygens (including phenoxy) is 1. The highest BCUT2D eigenvalue weighted by atomic mass is 16.5. The summed E-state index contributed by atoms with van der Waals surface area (Å²) in [5.74, 6) is -0.164. The maximum Gasteiger partial charge on any atom is 0.324 e. The number of para-hydroxylation sites is 1. The molecule has 0 saturated carbocycles. The lowest BCUT2D eigenvalue weighted by Crippen LogP contribution is -2.50. The van der Waals surface area contributed by atoms with Gasteiger partial charge in [-0.2, -0.15) is 0 Å². The Balaban J connectivity index is 2.14. The first kappa shape index (κ1) is 15.8. The minimum atomic E-state index is -0.293. The van der Waals surface area contributed by atoms with Gasteiger partial charge in [-0.1, -0.05) is 32.0 Å². The fourth-order valence-corrected chi connectivity index (χ4v) is 2.95. The third-order valence-electron chi connectivity index (χ3n) is 3.83. The van der Waals surface area contributed by atoms with Crippen molar-refractivity contribution in [1.82, 2.24) is 5.32 Å². The van der Waals surface area contributed by atoms with Crippen LogP contribution in [0.4, 0.5) is 5.69 Å². The molecule has 1 N–H and O–H groups in total. The van der Waals surface area contributed by atoms with E-state index in [9.17, 15) is 4.79 Å². The maximum absolute atomic E-state index is 12.2. The van der Waals surface area contributed by atoms with Crippen LogP contribution in [0.1, 0.15) is 33.3 Å². The highest BCUT2D eigenvalue weighted by molar-refractivity contribution is 5.77. The van der Waals surface area contributed by atoms with E-state index in [0.717, 1.165) is 6.42 Å². The molecule has 4 nitrogen and oxygen atoms in total. The van der Waals surface area contributed by atoms with Crippen LogP contribution in [-0.4, -0.2) is 37.2 Å². The first-order valence-electron chi connectivity index (χ1n) is 7.80. The predicted octanol–water partition coefficient (Wildman–Crippen LogP) is 2.37. The van der Waals surface area contributed by atoms with Gasteiger partial charge >= 0.3 is 5.97 Å². The van der Waals surface area contributed by atoms with Gasteiger partial charge in [-0.15, -0.1) is 0 Å². The van der Waals surface area contributed by atoms with Crippen molar-refractivity contribution in [3.05, 3.63) is 29.8 Å². The van der Waals surface area contributed by atoms with E-state index in [-0.39, 0.29) is 18.1 Å². The van der Waals surface area contributed by atoms with Crippen LogP contribution < -0.4 is 10.2 Å². The van der Waals surface area contributed by atoms with Gasteiger partial charge in [-0.25, -0.2) is 0 Å². The zero-order chi connectivity index (χ0) is 15.4. The molecule has 1 aliphatic heterocycles. The Morgan fingerprint density at radius 3 is 2.81 bits per heavy atom. The van der Waals surface area contributed by atoms with E-state index in [1.165, 1.54) is 11.3 Å². The molecule has 1 aromatic rings. The van der Waals surface area contributed by atoms with Gasteiger partial charge in [-0.05, 0) is 31.9 Å². The van der Waals surface area contributed by atoms with Crippen molar-refractivity contribution in [2.45, 2.75) is 52.2 Å². The monoisotopic (exact) mass is 290 g/mol. The number of hydrogen-bond acceptors (Lipinski definition) is 4. The molecule has 1 heterocycles. The lowest BCUT2D eigenvalue weighted by Gasteiger charge is -2.30. The molecule has 2 atom stereocenters. The van der Waals surface area contributed by atoms with Gasteiger partial charge in [0.15, 0.2) is 0 Å². The van der Waals surface area contributed by atoms with Crippen LogP contribution in [0.25, 0.3) is 0 Å². The van der Waals surface area contributed by atoms with E-state index in [2.05, 4.69) is 41.4 Å². The molecule has 2 unspecified atom stereocenters. The van der Waals surface area contributed by atoms with Crippen LogP contribution in [-0.2, 0) is 16.0 Å². The van der Waals surface area contributed by atoms with Crippen molar-refractivity contribution < 1.29 is 9.53 Å². The van der Waals surface area contributed by atoms with Crippen molar-refractivity contribution in [1.29, 1.82) is 0 Å². The van der Waals surface area contributed by atoms with Gasteiger partial charge in [-0.3, -0.25) is 4.79 Å². The van der Waals surface area contributed by atoms with Crippen LogP contribution in [0.15, 0.2) is 24.3 Å². The Morgan fingerprint density at radius 1 is 1.43 bits per heavy atom. The van der Waals surface area contributed by atoms with Crippen LogP contribution in [0.5, 0.6) is 0 Å². The molecule has 0 aliphatic carbocycles. The summed E-state index contributed by atoms with van der Waals surface area (Å²) in [4.78, 5) is 14.5. The van der Waals surface area contributed by atoms with E-state index < -0.39 is 0 Å². The van der Waals surface area contributed by atoms with E-state index in [0.29, 0.717) is 19.2 Å². The molecule has 1 aliphatic rings. The van der Waals surface area contributed by atoms with E-state index in [4.69, 9.17) is 4.74 Å². The Labute approximate surface area is 127 Å². The Kier molecular flexibility index (Phi) is 5.23. The zero-order valence-corrected chi connectivity index (χ0v) is 13.4. The van der Waals surface area contributed by atoms with Crippen LogP contribution in [0.3, 0.4) is 0 Å². The zero-order valence-electron chi connectivity index (χ0n) is 13.4. The number of esters is 1. The summed E-state index contributed by atoms with van der Waals surface area (Å²) >= 11 is 0. The molecule has 0 radical (unpaired) electrons. The normalized spacial score (nSPS) is 18.7. The number of nitrogens with zero attached hydrogens (tertiary/aromatic N) is 1. The maximum atomic E-state index is 12.2. The highest BCUT2D eigenvalue weighted by Gasteiger charge is 2.30. The molecule has 0 spiro atoms. The van der Waals surface area contributed by atoms with E-state index in [1.54, 1.807) is 0 Å². The van der Waals surface area contributed by atoms with Gasteiger partial charge in [0.2, 0.25) is 0 Å². The molecule has 4 heteroatoms. The summed E-state index contributed by atoms with van der Waals surface area (Å²) in [6.07, 6.45) is 1.04. The standard InChI is InChI=1S/C17H26N2O2/c1-5-21-17(20)15(18-12(2)3)11-19-13(4)10-14-8-6-7-9-16(14)19/h6-9,12-13,15,18H,5,10-11H2,1-4H3. The number of anilines is 1. The topological polar surface area (TPSA) is 41.6 Å². The Morgan fingerprint density at radius 2 is 2.14 bits per heavy atom. The van der Waals surface area contributed by atoms with Gasteiger partial charge in [0.25, 0.3) is 0 Å². The van der Waals surface area contributed by atoms with Gasteiger partial charge < -0.3 is 15.0 Å². The molecule has 1 aromatic carbocycles. The van der Waals surface area contributed by atoms with E-state index >= 15 is 0 Å². The molecule has 116 valence electrons. The molecule has 0 saturated heterocycles. The summed E-state index contributed by atoms with van der Waals surface area (Å²) in [6.45, 7) is 9.22. The number of fused-ring (bicyclic) bond motifs is 1. The fourth-order valence-electron chi connectivity index (χ4n) is 2.95. The van der Waals surface area contributed by atoms with Gasteiger partial charge in [0.05, 0.1) is 6.61 Å². The summed E-state index contributed by atoms with van der Waals surface area (Å²) in [6, 6.07) is 8.79. The summed E-state index contributed by atoms with van der Waals surface area (Å²) in [7, 11) is 0. The van der Waals surface area contributed by atoms with Crippen LogP contribution in [0.2, 0.25) is 0 Å². The average molecular weight is 290 g/mol. The molecule has 0 amide bonds.